The molecule has 41 heavy (non-hydrogen) atoms. The van der Waals surface area contributed by atoms with Gasteiger partial charge in [0.25, 0.3) is 0 Å². The van der Waals surface area contributed by atoms with E-state index in [-0.39, 0.29) is 30.2 Å². The molecule has 1 spiro atoms. The smallest absolute Gasteiger partial charge is 0.306 e. The lowest BCUT2D eigenvalue weighted by molar-refractivity contribution is -0.150. The SMILES string of the molecule is CCOC(=O)CCCCCCCCCCCC(=O)OC1C(OC)=CC23CCCN2CCc2cc4c(cc2C13)OCO4. The van der Waals surface area contributed by atoms with Crippen molar-refractivity contribution in [3.05, 3.63) is 35.1 Å². The summed E-state index contributed by atoms with van der Waals surface area (Å²) < 4.78 is 28.6. The first-order valence-electron chi connectivity index (χ1n) is 15.8. The molecule has 0 aromatic heterocycles. The Balaban J connectivity index is 1.10. The standard InChI is InChI=1S/C33H47NO7/c1-3-38-29(35)14-11-9-7-5-4-6-8-10-12-15-30(36)41-32-28(37-2)22-33-17-13-18-34(33)19-16-24-20-26-27(40-23-39-26)21-25(24)31(32)33/h20-22,31-32H,3-19,23H2,1-2H3. The Morgan fingerprint density at radius 2 is 1.59 bits per heavy atom. The molecule has 3 atom stereocenters. The van der Waals surface area contributed by atoms with Crippen molar-refractivity contribution in [3.63, 3.8) is 0 Å². The number of methoxy groups -OCH3 is 1. The van der Waals surface area contributed by atoms with Gasteiger partial charge in [0.05, 0.1) is 25.2 Å². The van der Waals surface area contributed by atoms with Crippen LogP contribution < -0.4 is 9.47 Å². The van der Waals surface area contributed by atoms with Crippen LogP contribution in [0.4, 0.5) is 0 Å². The summed E-state index contributed by atoms with van der Waals surface area (Å²) in [7, 11) is 1.69. The van der Waals surface area contributed by atoms with Crippen molar-refractivity contribution in [2.75, 3.05) is 33.6 Å². The normalized spacial score (nSPS) is 24.2. The van der Waals surface area contributed by atoms with Crippen molar-refractivity contribution in [3.8, 4) is 11.5 Å². The Hall–Kier alpha value is -2.74. The van der Waals surface area contributed by atoms with E-state index in [2.05, 4.69) is 23.1 Å². The molecule has 8 nitrogen and oxygen atoms in total. The minimum atomic E-state index is -0.436. The summed E-state index contributed by atoms with van der Waals surface area (Å²) in [4.78, 5) is 27.1. The zero-order valence-corrected chi connectivity index (χ0v) is 24.9. The highest BCUT2D eigenvalue weighted by Gasteiger charge is 2.58. The van der Waals surface area contributed by atoms with Crippen LogP contribution in [-0.4, -0.2) is 62.1 Å². The number of rotatable bonds is 15. The second-order valence-electron chi connectivity index (χ2n) is 11.9. The maximum absolute atomic E-state index is 13.1. The van der Waals surface area contributed by atoms with Crippen LogP contribution in [0, 0.1) is 0 Å². The fourth-order valence-corrected chi connectivity index (χ4v) is 7.30. The molecule has 226 valence electrons. The maximum Gasteiger partial charge on any atom is 0.306 e. The molecule has 0 amide bonds. The van der Waals surface area contributed by atoms with E-state index in [1.165, 1.54) is 30.4 Å². The summed E-state index contributed by atoms with van der Waals surface area (Å²) in [5, 5.41) is 0. The third-order valence-electron chi connectivity index (χ3n) is 9.29. The number of nitrogens with zero attached hydrogens (tertiary/aromatic N) is 1. The van der Waals surface area contributed by atoms with Gasteiger partial charge < -0.3 is 23.7 Å². The van der Waals surface area contributed by atoms with E-state index in [0.717, 1.165) is 88.1 Å². The van der Waals surface area contributed by atoms with Gasteiger partial charge in [0.15, 0.2) is 17.6 Å². The second-order valence-corrected chi connectivity index (χ2v) is 11.9. The molecule has 8 heteroatoms. The zero-order chi connectivity index (χ0) is 28.7. The van der Waals surface area contributed by atoms with E-state index in [1.807, 2.05) is 6.92 Å². The highest BCUT2D eigenvalue weighted by atomic mass is 16.7. The molecular formula is C33H47NO7. The average molecular weight is 570 g/mol. The molecule has 3 unspecified atom stereocenters. The fraction of sp³-hybridized carbons (Fsp3) is 0.697. The second kappa shape index (κ2) is 14.0. The van der Waals surface area contributed by atoms with Gasteiger partial charge in [-0.05, 0) is 74.9 Å². The summed E-state index contributed by atoms with van der Waals surface area (Å²) in [6.45, 7) is 4.56. The molecule has 3 aliphatic heterocycles. The number of esters is 2. The van der Waals surface area contributed by atoms with Gasteiger partial charge in [-0.25, -0.2) is 0 Å². The number of benzene rings is 1. The molecule has 1 aromatic rings. The quantitative estimate of drug-likeness (QED) is 0.182. The topological polar surface area (TPSA) is 83.5 Å². The number of hydrogen-bond donors (Lipinski definition) is 0. The number of ether oxygens (including phenoxy) is 5. The molecule has 5 rings (SSSR count). The third-order valence-corrected chi connectivity index (χ3v) is 9.29. The molecule has 0 bridgehead atoms. The van der Waals surface area contributed by atoms with Crippen LogP contribution in [0.25, 0.3) is 0 Å². The first kappa shape index (κ1) is 29.7. The first-order chi connectivity index (χ1) is 20.1. The third kappa shape index (κ3) is 6.68. The number of fused-ring (bicyclic) bond motifs is 3. The van der Waals surface area contributed by atoms with Crippen LogP contribution in [0.2, 0.25) is 0 Å². The predicted octanol–water partition coefficient (Wildman–Crippen LogP) is 6.20. The summed E-state index contributed by atoms with van der Waals surface area (Å²) >= 11 is 0. The molecule has 1 saturated heterocycles. The van der Waals surface area contributed by atoms with Gasteiger partial charge >= 0.3 is 11.9 Å². The molecule has 3 heterocycles. The van der Waals surface area contributed by atoms with E-state index >= 15 is 0 Å². The number of carbonyl (C=O) groups excluding carboxylic acids is 2. The predicted molar refractivity (Wildman–Crippen MR) is 155 cm³/mol. The molecular weight excluding hydrogens is 522 g/mol. The molecule has 0 N–H and O–H groups in total. The summed E-state index contributed by atoms with van der Waals surface area (Å²) in [5.74, 6) is 2.10. The van der Waals surface area contributed by atoms with Crippen molar-refractivity contribution in [1.29, 1.82) is 0 Å². The Morgan fingerprint density at radius 1 is 0.927 bits per heavy atom. The van der Waals surface area contributed by atoms with Crippen LogP contribution in [0.15, 0.2) is 24.0 Å². The lowest BCUT2D eigenvalue weighted by Gasteiger charge is -2.39. The van der Waals surface area contributed by atoms with Crippen molar-refractivity contribution in [1.82, 2.24) is 4.90 Å². The van der Waals surface area contributed by atoms with Crippen LogP contribution in [0.1, 0.15) is 107 Å². The van der Waals surface area contributed by atoms with Crippen LogP contribution in [-0.2, 0) is 30.2 Å². The van der Waals surface area contributed by atoms with Gasteiger partial charge in [0.1, 0.15) is 5.76 Å². The summed E-state index contributed by atoms with van der Waals surface area (Å²) in [6.07, 6.45) is 15.6. The molecule has 1 aliphatic carbocycles. The van der Waals surface area contributed by atoms with Crippen LogP contribution in [0.5, 0.6) is 11.5 Å². The van der Waals surface area contributed by atoms with Gasteiger partial charge in [0.2, 0.25) is 6.79 Å². The lowest BCUT2D eigenvalue weighted by Crippen LogP contribution is -2.47. The van der Waals surface area contributed by atoms with Gasteiger partial charge in [-0.15, -0.1) is 0 Å². The van der Waals surface area contributed by atoms with Crippen molar-refractivity contribution in [2.45, 2.75) is 114 Å². The highest BCUT2D eigenvalue weighted by Crippen LogP contribution is 2.55. The number of hydrogen-bond acceptors (Lipinski definition) is 8. The Morgan fingerprint density at radius 3 is 2.27 bits per heavy atom. The van der Waals surface area contributed by atoms with E-state index in [1.54, 1.807) is 7.11 Å². The zero-order valence-electron chi connectivity index (χ0n) is 24.9. The minimum Gasteiger partial charge on any atom is -0.497 e. The number of carbonyl (C=O) groups is 2. The molecule has 1 fully saturated rings. The van der Waals surface area contributed by atoms with Gasteiger partial charge in [-0.1, -0.05) is 44.9 Å². The average Bonchev–Trinajstić information content (AvgIpc) is 3.65. The highest BCUT2D eigenvalue weighted by molar-refractivity contribution is 5.70. The lowest BCUT2D eigenvalue weighted by atomic mass is 9.77. The molecule has 1 aromatic carbocycles. The fourth-order valence-electron chi connectivity index (χ4n) is 7.30. The van der Waals surface area contributed by atoms with Gasteiger partial charge in [-0.2, -0.15) is 0 Å². The molecule has 4 aliphatic rings. The van der Waals surface area contributed by atoms with E-state index in [0.29, 0.717) is 19.4 Å². The largest absolute Gasteiger partial charge is 0.497 e. The summed E-state index contributed by atoms with van der Waals surface area (Å²) in [5.41, 5.74) is 2.24. The van der Waals surface area contributed by atoms with Crippen LogP contribution >= 0.6 is 0 Å². The maximum atomic E-state index is 13.1. The minimum absolute atomic E-state index is 0.0202. The van der Waals surface area contributed by atoms with Crippen LogP contribution in [0.3, 0.4) is 0 Å². The number of unbranched alkanes of at least 4 members (excludes halogenated alkanes) is 8. The first-order valence-corrected chi connectivity index (χ1v) is 15.8. The van der Waals surface area contributed by atoms with E-state index in [9.17, 15) is 9.59 Å². The summed E-state index contributed by atoms with van der Waals surface area (Å²) in [6, 6.07) is 4.25. The van der Waals surface area contributed by atoms with Crippen molar-refractivity contribution in [2.24, 2.45) is 0 Å². The van der Waals surface area contributed by atoms with Gasteiger partial charge in [-0.3, -0.25) is 14.5 Å². The van der Waals surface area contributed by atoms with E-state index in [4.69, 9.17) is 23.7 Å². The Kier molecular flexibility index (Phi) is 10.1. The van der Waals surface area contributed by atoms with Crippen molar-refractivity contribution < 1.29 is 33.3 Å². The Labute approximate surface area is 244 Å². The Bertz CT molecular complexity index is 1100. The monoisotopic (exact) mass is 569 g/mol. The van der Waals surface area contributed by atoms with Crippen molar-refractivity contribution >= 4 is 11.9 Å². The van der Waals surface area contributed by atoms with E-state index < -0.39 is 6.10 Å². The van der Waals surface area contributed by atoms with Gasteiger partial charge in [0, 0.05) is 19.4 Å². The molecule has 0 saturated carbocycles. The molecule has 0 radical (unpaired) electrons.